The van der Waals surface area contributed by atoms with E-state index in [0.717, 1.165) is 32.1 Å². The van der Waals surface area contributed by atoms with Crippen LogP contribution in [-0.2, 0) is 0 Å². The average molecular weight is 256 g/mol. The van der Waals surface area contributed by atoms with Crippen molar-refractivity contribution in [2.45, 2.75) is 38.1 Å². The number of carbonyl (C=O) groups is 2. The fourth-order valence-corrected chi connectivity index (χ4v) is 3.16. The van der Waals surface area contributed by atoms with Crippen molar-refractivity contribution >= 4 is 12.2 Å². The van der Waals surface area contributed by atoms with Gasteiger partial charge in [0.05, 0.1) is 0 Å². The molecule has 0 aromatic heterocycles. The summed E-state index contributed by atoms with van der Waals surface area (Å²) in [6.45, 7) is 1.69. The van der Waals surface area contributed by atoms with Crippen molar-refractivity contribution < 1.29 is 19.8 Å². The topological polar surface area (TPSA) is 81.1 Å². The van der Waals surface area contributed by atoms with E-state index in [1.165, 1.54) is 4.90 Å². The van der Waals surface area contributed by atoms with Crippen LogP contribution >= 0.6 is 0 Å². The van der Waals surface area contributed by atoms with Crippen LogP contribution in [0.25, 0.3) is 0 Å². The van der Waals surface area contributed by atoms with Crippen LogP contribution in [0.1, 0.15) is 32.1 Å². The predicted molar refractivity (Wildman–Crippen MR) is 64.7 cm³/mol. The first kappa shape index (κ1) is 13.0. The SMILES string of the molecule is O=C(O)N1CCC(C2CCCCN2C(=O)O)CC1. The third-order valence-electron chi connectivity index (χ3n) is 4.15. The Hall–Kier alpha value is -1.46. The monoisotopic (exact) mass is 256 g/mol. The van der Waals surface area contributed by atoms with E-state index in [4.69, 9.17) is 5.11 Å². The van der Waals surface area contributed by atoms with E-state index in [9.17, 15) is 14.7 Å². The van der Waals surface area contributed by atoms with Crippen LogP contribution in [0.3, 0.4) is 0 Å². The Morgan fingerprint density at radius 2 is 1.56 bits per heavy atom. The van der Waals surface area contributed by atoms with Crippen LogP contribution < -0.4 is 0 Å². The molecule has 0 aromatic carbocycles. The molecular formula is C12H20N2O4. The third-order valence-corrected chi connectivity index (χ3v) is 4.15. The standard InChI is InChI=1S/C12H20N2O4/c15-11(16)13-7-4-9(5-8-13)10-3-1-2-6-14(10)12(17)18/h9-10H,1-8H2,(H,15,16)(H,17,18). The Kier molecular flexibility index (Phi) is 3.93. The zero-order valence-electron chi connectivity index (χ0n) is 10.4. The van der Waals surface area contributed by atoms with Gasteiger partial charge in [-0.2, -0.15) is 0 Å². The minimum atomic E-state index is -0.868. The number of likely N-dealkylation sites (tertiary alicyclic amines) is 2. The number of amides is 2. The Balaban J connectivity index is 1.94. The summed E-state index contributed by atoms with van der Waals surface area (Å²) in [5.74, 6) is 0.317. The van der Waals surface area contributed by atoms with Crippen LogP contribution in [0, 0.1) is 5.92 Å². The van der Waals surface area contributed by atoms with Gasteiger partial charge in [0.2, 0.25) is 0 Å². The minimum Gasteiger partial charge on any atom is -0.465 e. The van der Waals surface area contributed by atoms with E-state index < -0.39 is 12.2 Å². The largest absolute Gasteiger partial charge is 0.465 e. The molecule has 2 rings (SSSR count). The maximum atomic E-state index is 11.2. The van der Waals surface area contributed by atoms with Crippen molar-refractivity contribution in [1.29, 1.82) is 0 Å². The normalized spacial score (nSPS) is 26.1. The van der Waals surface area contributed by atoms with E-state index >= 15 is 0 Å². The summed E-state index contributed by atoms with van der Waals surface area (Å²) in [4.78, 5) is 25.0. The molecular weight excluding hydrogens is 236 g/mol. The predicted octanol–water partition coefficient (Wildman–Crippen LogP) is 1.91. The summed E-state index contributed by atoms with van der Waals surface area (Å²) >= 11 is 0. The lowest BCUT2D eigenvalue weighted by atomic mass is 9.84. The van der Waals surface area contributed by atoms with Gasteiger partial charge in [-0.15, -0.1) is 0 Å². The van der Waals surface area contributed by atoms with E-state index in [-0.39, 0.29) is 6.04 Å². The van der Waals surface area contributed by atoms with Crippen LogP contribution in [0.5, 0.6) is 0 Å². The lowest BCUT2D eigenvalue weighted by Gasteiger charge is -2.41. The van der Waals surface area contributed by atoms with E-state index in [1.54, 1.807) is 4.90 Å². The average Bonchev–Trinajstić information content (AvgIpc) is 2.39. The highest BCUT2D eigenvalue weighted by Gasteiger charge is 2.35. The molecule has 1 atom stereocenters. The second-order valence-electron chi connectivity index (χ2n) is 5.15. The summed E-state index contributed by atoms with van der Waals surface area (Å²) < 4.78 is 0. The quantitative estimate of drug-likeness (QED) is 0.751. The van der Waals surface area contributed by atoms with Gasteiger partial charge in [0.1, 0.15) is 0 Å². The summed E-state index contributed by atoms with van der Waals surface area (Å²) in [5.41, 5.74) is 0. The summed E-state index contributed by atoms with van der Waals surface area (Å²) in [5, 5.41) is 18.1. The lowest BCUT2D eigenvalue weighted by Crippen LogP contribution is -2.50. The smallest absolute Gasteiger partial charge is 0.407 e. The van der Waals surface area contributed by atoms with Gasteiger partial charge < -0.3 is 20.0 Å². The fraction of sp³-hybridized carbons (Fsp3) is 0.833. The van der Waals surface area contributed by atoms with Gasteiger partial charge >= 0.3 is 12.2 Å². The highest BCUT2D eigenvalue weighted by atomic mass is 16.4. The van der Waals surface area contributed by atoms with Crippen molar-refractivity contribution in [3.8, 4) is 0 Å². The van der Waals surface area contributed by atoms with Crippen molar-refractivity contribution in [3.05, 3.63) is 0 Å². The van der Waals surface area contributed by atoms with Gasteiger partial charge in [-0.3, -0.25) is 0 Å². The van der Waals surface area contributed by atoms with E-state index in [1.807, 2.05) is 0 Å². The van der Waals surface area contributed by atoms with Gasteiger partial charge in [-0.1, -0.05) is 0 Å². The van der Waals surface area contributed by atoms with Crippen molar-refractivity contribution in [3.63, 3.8) is 0 Å². The summed E-state index contributed by atoms with van der Waals surface area (Å²) in [6.07, 6.45) is 2.79. The third kappa shape index (κ3) is 2.68. The number of hydrogen-bond acceptors (Lipinski definition) is 2. The molecule has 2 aliphatic rings. The summed E-state index contributed by atoms with van der Waals surface area (Å²) in [6, 6.07) is 0.0900. The molecule has 0 aromatic rings. The van der Waals surface area contributed by atoms with Crippen LogP contribution in [-0.4, -0.2) is 57.9 Å². The molecule has 102 valence electrons. The number of hydrogen-bond donors (Lipinski definition) is 2. The summed E-state index contributed by atoms with van der Waals surface area (Å²) in [7, 11) is 0. The molecule has 0 aliphatic carbocycles. The molecule has 0 spiro atoms. The molecule has 2 heterocycles. The Morgan fingerprint density at radius 3 is 2.11 bits per heavy atom. The van der Waals surface area contributed by atoms with E-state index in [0.29, 0.717) is 25.6 Å². The lowest BCUT2D eigenvalue weighted by molar-refractivity contribution is 0.0566. The maximum Gasteiger partial charge on any atom is 0.407 e. The zero-order valence-corrected chi connectivity index (χ0v) is 10.4. The van der Waals surface area contributed by atoms with Gasteiger partial charge in [-0.25, -0.2) is 9.59 Å². The highest BCUT2D eigenvalue weighted by molar-refractivity contribution is 5.66. The molecule has 2 N–H and O–H groups in total. The first-order valence-corrected chi connectivity index (χ1v) is 6.57. The first-order chi connectivity index (χ1) is 8.59. The van der Waals surface area contributed by atoms with Crippen LogP contribution in [0.15, 0.2) is 0 Å². The number of piperidine rings is 2. The van der Waals surface area contributed by atoms with Gasteiger partial charge in [0.15, 0.2) is 0 Å². The van der Waals surface area contributed by atoms with Gasteiger partial charge in [-0.05, 0) is 38.0 Å². The molecule has 2 fully saturated rings. The molecule has 0 saturated carbocycles. The Morgan fingerprint density at radius 1 is 0.889 bits per heavy atom. The Labute approximate surface area is 106 Å². The molecule has 18 heavy (non-hydrogen) atoms. The van der Waals surface area contributed by atoms with Crippen LogP contribution in [0.4, 0.5) is 9.59 Å². The molecule has 0 bridgehead atoms. The molecule has 0 radical (unpaired) electrons. The highest BCUT2D eigenvalue weighted by Crippen LogP contribution is 2.30. The van der Waals surface area contributed by atoms with Crippen molar-refractivity contribution in [1.82, 2.24) is 9.80 Å². The van der Waals surface area contributed by atoms with E-state index in [2.05, 4.69) is 0 Å². The molecule has 2 amide bonds. The second kappa shape index (κ2) is 5.46. The molecule has 2 saturated heterocycles. The zero-order chi connectivity index (χ0) is 13.1. The molecule has 1 unspecified atom stereocenters. The van der Waals surface area contributed by atoms with Crippen molar-refractivity contribution in [2.75, 3.05) is 19.6 Å². The van der Waals surface area contributed by atoms with Crippen LogP contribution in [0.2, 0.25) is 0 Å². The first-order valence-electron chi connectivity index (χ1n) is 6.57. The Bertz CT molecular complexity index is 326. The number of rotatable bonds is 1. The fourth-order valence-electron chi connectivity index (χ4n) is 3.16. The minimum absolute atomic E-state index is 0.0900. The van der Waals surface area contributed by atoms with Gasteiger partial charge in [0, 0.05) is 25.7 Å². The molecule has 6 nitrogen and oxygen atoms in total. The maximum absolute atomic E-state index is 11.2. The second-order valence-corrected chi connectivity index (χ2v) is 5.15. The number of nitrogens with zero attached hydrogens (tertiary/aromatic N) is 2. The molecule has 2 aliphatic heterocycles. The van der Waals surface area contributed by atoms with Gasteiger partial charge in [0.25, 0.3) is 0 Å². The molecule has 6 heteroatoms. The van der Waals surface area contributed by atoms with Crippen molar-refractivity contribution in [2.24, 2.45) is 5.92 Å². The number of carboxylic acid groups (broad SMARTS) is 2.